The second-order valence-corrected chi connectivity index (χ2v) is 17.6. The Bertz CT molecular complexity index is 3020. The second-order valence-electron chi connectivity index (χ2n) is 17.6. The molecule has 29 nitrogen and oxygen atoms in total. The van der Waals surface area contributed by atoms with E-state index in [9.17, 15) is 43.2 Å². The Morgan fingerprint density at radius 1 is 0.444 bits per heavy atom. The molecule has 4 rings (SSSR count). The van der Waals surface area contributed by atoms with E-state index in [2.05, 4.69) is 52.5 Å². The maximum Gasteiger partial charge on any atom is 0.312 e. The van der Waals surface area contributed by atoms with E-state index in [-0.39, 0.29) is 138 Å². The molecular weight excluding hydrogens is 1060 g/mol. The van der Waals surface area contributed by atoms with Crippen LogP contribution in [0.1, 0.15) is 86.9 Å². The van der Waals surface area contributed by atoms with E-state index in [1.54, 1.807) is 0 Å². The number of aliphatic imine (C=N–C) groups is 2. The fraction of sp³-hybridized carbons (Fsp3) is 0.327. The predicted molar refractivity (Wildman–Crippen MR) is 301 cm³/mol. The average molecular weight is 1130 g/mol. The molecule has 0 saturated carbocycles. The molecule has 0 bridgehead atoms. The number of benzene rings is 4. The summed E-state index contributed by atoms with van der Waals surface area (Å²) >= 11 is 0. The van der Waals surface area contributed by atoms with Gasteiger partial charge in [0.1, 0.15) is 41.1 Å². The molecule has 4 aromatic carbocycles. The molecule has 0 spiro atoms. The predicted octanol–water partition coefficient (Wildman–Crippen LogP) is 0.545. The van der Waals surface area contributed by atoms with Crippen molar-refractivity contribution in [2.45, 2.75) is 63.6 Å². The van der Waals surface area contributed by atoms with Crippen molar-refractivity contribution in [1.29, 1.82) is 0 Å². The molecule has 4 aromatic rings. The molecule has 0 aliphatic carbocycles. The zero-order valence-corrected chi connectivity index (χ0v) is 45.2. The van der Waals surface area contributed by atoms with Gasteiger partial charge in [-0.25, -0.2) is 4.79 Å². The van der Waals surface area contributed by atoms with Gasteiger partial charge in [0, 0.05) is 49.3 Å². The number of carbonyl (C=O) groups excluding carboxylic acids is 9. The molecule has 0 aliphatic heterocycles. The Morgan fingerprint density at radius 3 is 1.05 bits per heavy atom. The van der Waals surface area contributed by atoms with Gasteiger partial charge in [0.05, 0.1) is 50.7 Å². The van der Waals surface area contributed by atoms with E-state index < -0.39 is 71.4 Å². The Morgan fingerprint density at radius 2 is 0.753 bits per heavy atom. The summed E-state index contributed by atoms with van der Waals surface area (Å²) in [4.78, 5) is 127. The van der Waals surface area contributed by atoms with Crippen molar-refractivity contribution in [3.8, 4) is 23.0 Å². The largest absolute Gasteiger partial charge is 0.496 e. The molecule has 0 saturated heterocycles. The zero-order chi connectivity index (χ0) is 59.8. The second kappa shape index (κ2) is 31.2. The summed E-state index contributed by atoms with van der Waals surface area (Å²) < 4.78 is 21.5. The molecule has 0 fully saturated rings. The van der Waals surface area contributed by atoms with E-state index >= 15 is 0 Å². The number of hydrogen-bond acceptors (Lipinski definition) is 15. The highest BCUT2D eigenvalue weighted by Gasteiger charge is 2.29. The van der Waals surface area contributed by atoms with Crippen molar-refractivity contribution in [2.75, 3.05) is 69.3 Å². The summed E-state index contributed by atoms with van der Waals surface area (Å²) in [5.41, 5.74) is 33.1. The molecule has 0 radical (unpaired) electrons. The van der Waals surface area contributed by atoms with Crippen molar-refractivity contribution in [2.24, 2.45) is 44.4 Å². The SMILES string of the molecule is COc1ccc(NC(=O)[C@@H](CCCN=C(N)N)NC(=O)c2cc(NC(=O)[C@@H](CCCN=C(N)N)NC(=O)c3cc(NC(=O)[C@@H](CCCNC(N)=O)NC(=O)c4cc(NC(C)=O)ccc4OC)ccc3OC)ccc2OC)cc1C(N)=O. The first-order chi connectivity index (χ1) is 38.6. The van der Waals surface area contributed by atoms with Gasteiger partial charge in [0.25, 0.3) is 23.6 Å². The number of rotatable bonds is 30. The highest BCUT2D eigenvalue weighted by atomic mass is 16.5. The molecule has 29 heteroatoms. The van der Waals surface area contributed by atoms with Crippen LogP contribution in [0.3, 0.4) is 0 Å². The van der Waals surface area contributed by atoms with Crippen LogP contribution in [-0.2, 0) is 19.2 Å². The first kappa shape index (κ1) is 63.2. The third-order valence-corrected chi connectivity index (χ3v) is 11.6. The maximum atomic E-state index is 14.3. The van der Waals surface area contributed by atoms with Gasteiger partial charge in [0.2, 0.25) is 23.6 Å². The summed E-state index contributed by atoms with van der Waals surface area (Å²) in [6, 6.07) is 12.2. The summed E-state index contributed by atoms with van der Waals surface area (Å²) in [7, 11) is 5.28. The van der Waals surface area contributed by atoms with Crippen LogP contribution in [0.25, 0.3) is 0 Å². The highest BCUT2D eigenvalue weighted by molar-refractivity contribution is 6.07. The van der Waals surface area contributed by atoms with Crippen LogP contribution < -0.4 is 95.9 Å². The first-order valence-electron chi connectivity index (χ1n) is 24.9. The molecule has 0 aromatic heterocycles. The van der Waals surface area contributed by atoms with Gasteiger partial charge in [-0.05, 0) is 111 Å². The summed E-state index contributed by atoms with van der Waals surface area (Å²) in [5, 5.41) is 21.1. The minimum atomic E-state index is -1.31. The van der Waals surface area contributed by atoms with Crippen LogP contribution in [0.4, 0.5) is 27.5 Å². The van der Waals surface area contributed by atoms with Crippen LogP contribution >= 0.6 is 0 Å². The maximum absolute atomic E-state index is 14.3. The van der Waals surface area contributed by atoms with E-state index in [1.165, 1.54) is 108 Å². The number of amides is 10. The number of primary amides is 2. The lowest BCUT2D eigenvalue weighted by Gasteiger charge is -2.21. The summed E-state index contributed by atoms with van der Waals surface area (Å²) in [6.45, 7) is 1.52. The molecule has 3 atom stereocenters. The quantitative estimate of drug-likeness (QED) is 0.0193. The van der Waals surface area contributed by atoms with Crippen LogP contribution in [0.5, 0.6) is 23.0 Å². The molecule has 20 N–H and O–H groups in total. The van der Waals surface area contributed by atoms with Crippen molar-refractivity contribution in [3.05, 3.63) is 95.1 Å². The zero-order valence-electron chi connectivity index (χ0n) is 45.2. The lowest BCUT2D eigenvalue weighted by atomic mass is 10.1. The van der Waals surface area contributed by atoms with Crippen molar-refractivity contribution in [1.82, 2.24) is 21.3 Å². The van der Waals surface area contributed by atoms with E-state index in [0.29, 0.717) is 0 Å². The Hall–Kier alpha value is -10.4. The minimum absolute atomic E-state index is 0.00860. The van der Waals surface area contributed by atoms with E-state index in [0.717, 1.165) is 0 Å². The number of urea groups is 1. The smallest absolute Gasteiger partial charge is 0.312 e. The molecule has 434 valence electrons. The van der Waals surface area contributed by atoms with E-state index in [1.807, 2.05) is 0 Å². The number of guanidine groups is 2. The first-order valence-corrected chi connectivity index (χ1v) is 24.9. The van der Waals surface area contributed by atoms with Gasteiger partial charge in [0.15, 0.2) is 11.9 Å². The molecule has 81 heavy (non-hydrogen) atoms. The molecule has 0 unspecified atom stereocenters. The Balaban J connectivity index is 1.61. The number of ether oxygens (including phenoxy) is 4. The van der Waals surface area contributed by atoms with Crippen molar-refractivity contribution >= 4 is 88.0 Å². The summed E-state index contributed by atoms with van der Waals surface area (Å²) in [6.07, 6.45) is 0.560. The van der Waals surface area contributed by atoms with Gasteiger partial charge in [-0.2, -0.15) is 0 Å². The number of nitrogens with one attached hydrogen (secondary N) is 8. The fourth-order valence-electron chi connectivity index (χ4n) is 7.80. The molecule has 0 aliphatic rings. The number of nitrogens with zero attached hydrogens (tertiary/aromatic N) is 2. The standard InChI is InChI=1S/C52H68N16O13/c1-27(69)62-28-12-17-40(79-3)33(24-28)44(71)68-38(11-8-22-61-52(58)77)49(76)65-31-15-19-42(81-5)35(26-31)46(73)67-37(10-7-21-60-51(56)57)48(75)64-30-14-18-41(80-4)34(25-30)45(72)66-36(9-6-20-59-50(54)55)47(74)63-29-13-16-39(78-2)32(23-29)43(53)70/h12-19,23-26,36-38H,6-11,20-22H2,1-5H3,(H2,53,70)(H,62,69)(H,63,74)(H,64,75)(H,65,76)(H,66,72)(H,67,73)(H,68,71)(H4,54,55,59)(H4,56,57,60)(H3,58,61,77)/t36-,37-,38-/m1/s1. The fourth-order valence-corrected chi connectivity index (χ4v) is 7.80. The van der Waals surface area contributed by atoms with Gasteiger partial charge >= 0.3 is 6.03 Å². The Labute approximate surface area is 465 Å². The van der Waals surface area contributed by atoms with Crippen molar-refractivity contribution < 1.29 is 62.1 Å². The van der Waals surface area contributed by atoms with Gasteiger partial charge in [-0.1, -0.05) is 0 Å². The monoisotopic (exact) mass is 1120 g/mol. The lowest BCUT2D eigenvalue weighted by molar-refractivity contribution is -0.118. The number of methoxy groups -OCH3 is 4. The van der Waals surface area contributed by atoms with Crippen LogP contribution in [-0.4, -0.2) is 131 Å². The van der Waals surface area contributed by atoms with Gasteiger partial charge < -0.3 is 95.9 Å². The van der Waals surface area contributed by atoms with E-state index in [4.69, 9.17) is 53.3 Å². The number of anilines is 4. The molecule has 0 heterocycles. The summed E-state index contributed by atoms with van der Waals surface area (Å²) in [5.74, 6) is -5.78. The molecule has 10 amide bonds. The third-order valence-electron chi connectivity index (χ3n) is 11.6. The van der Waals surface area contributed by atoms with Crippen molar-refractivity contribution in [3.63, 3.8) is 0 Å². The normalized spacial score (nSPS) is 11.6. The number of hydrogen-bond donors (Lipinski definition) is 14. The number of nitrogens with two attached hydrogens (primary N) is 6. The minimum Gasteiger partial charge on any atom is -0.496 e. The number of carbonyl (C=O) groups is 9. The molecular formula is C52H68N16O13. The van der Waals surface area contributed by atoms with Crippen LogP contribution in [0.2, 0.25) is 0 Å². The highest BCUT2D eigenvalue weighted by Crippen LogP contribution is 2.28. The van der Waals surface area contributed by atoms with Crippen LogP contribution in [0.15, 0.2) is 82.8 Å². The average Bonchev–Trinajstić information content (AvgIpc) is 3.43. The lowest BCUT2D eigenvalue weighted by Crippen LogP contribution is -2.45. The topological polar surface area (TPSA) is 468 Å². The third kappa shape index (κ3) is 19.9. The van der Waals surface area contributed by atoms with Gasteiger partial charge in [-0.3, -0.25) is 48.3 Å². The Kier molecular flexibility index (Phi) is 24.3. The van der Waals surface area contributed by atoms with Gasteiger partial charge in [-0.15, -0.1) is 0 Å². The van der Waals surface area contributed by atoms with Crippen LogP contribution in [0, 0.1) is 0 Å².